The summed E-state index contributed by atoms with van der Waals surface area (Å²) in [5.41, 5.74) is 4.90. The molecule has 0 radical (unpaired) electrons. The van der Waals surface area contributed by atoms with E-state index in [1.54, 1.807) is 7.11 Å². The quantitative estimate of drug-likeness (QED) is 0.344. The average Bonchev–Trinajstić information content (AvgIpc) is 2.87. The minimum atomic E-state index is -0.143. The number of methoxy groups -OCH3 is 1. The normalized spacial score (nSPS) is 14.2. The van der Waals surface area contributed by atoms with Crippen molar-refractivity contribution in [1.29, 1.82) is 0 Å². The molecule has 0 aliphatic heterocycles. The molecule has 0 N–H and O–H groups in total. The fourth-order valence-corrected chi connectivity index (χ4v) is 5.43. The van der Waals surface area contributed by atoms with Crippen molar-refractivity contribution in [3.8, 4) is 5.75 Å². The Bertz CT molecular complexity index is 1040. The summed E-state index contributed by atoms with van der Waals surface area (Å²) >= 11 is 11.6. The summed E-state index contributed by atoms with van der Waals surface area (Å²) in [5, 5.41) is 0.808. The molecule has 1 unspecified atom stereocenters. The fraction of sp³-hybridized carbons (Fsp3) is 0.480. The number of fused-ring (bicyclic) bond motifs is 1. The van der Waals surface area contributed by atoms with Crippen molar-refractivity contribution in [3.05, 3.63) is 58.4 Å². The maximum atomic E-state index is 6.56. The van der Waals surface area contributed by atoms with E-state index in [0.29, 0.717) is 0 Å². The standard InChI is InChI=1S/C25H33ClN2OS/c1-17-9-8-10-21(26)20(17)14-27-18(2)28(16-25(6,30)15-24(3,4)5)23-13-19(29-7)11-12-22(23)27/h8-13H,14-16H2,1-7H3/p+1. The molecule has 1 heterocycles. The van der Waals surface area contributed by atoms with Gasteiger partial charge in [-0.3, -0.25) is 0 Å². The highest BCUT2D eigenvalue weighted by molar-refractivity contribution is 7.81. The summed E-state index contributed by atoms with van der Waals surface area (Å²) in [6.45, 7) is 14.9. The van der Waals surface area contributed by atoms with Crippen molar-refractivity contribution < 1.29 is 9.30 Å². The maximum Gasteiger partial charge on any atom is 0.254 e. The Hall–Kier alpha value is -1.65. The highest BCUT2D eigenvalue weighted by Crippen LogP contribution is 2.34. The largest absolute Gasteiger partial charge is 0.497 e. The number of halogens is 1. The van der Waals surface area contributed by atoms with Gasteiger partial charge in [0.05, 0.1) is 7.11 Å². The van der Waals surface area contributed by atoms with E-state index in [2.05, 4.69) is 68.9 Å². The highest BCUT2D eigenvalue weighted by Gasteiger charge is 2.32. The van der Waals surface area contributed by atoms with Gasteiger partial charge in [0.25, 0.3) is 5.82 Å². The molecular formula is C25H34ClN2OS+. The molecule has 0 amide bonds. The monoisotopic (exact) mass is 445 g/mol. The number of rotatable bonds is 6. The van der Waals surface area contributed by atoms with Crippen LogP contribution in [-0.2, 0) is 13.1 Å². The van der Waals surface area contributed by atoms with Crippen molar-refractivity contribution >= 4 is 35.3 Å². The Morgan fingerprint density at radius 1 is 1.10 bits per heavy atom. The molecule has 0 fully saturated rings. The SMILES string of the molecule is COc1ccc2c(c1)n(CC(C)(S)CC(C)(C)C)c(C)[n+]2Cc1c(C)cccc1Cl. The summed E-state index contributed by atoms with van der Waals surface area (Å²) in [6.07, 6.45) is 1.01. The predicted octanol–water partition coefficient (Wildman–Crippen LogP) is 6.38. The van der Waals surface area contributed by atoms with Gasteiger partial charge in [0.2, 0.25) is 0 Å². The summed E-state index contributed by atoms with van der Waals surface area (Å²) in [4.78, 5) is 0. The molecule has 2 aromatic carbocycles. The van der Waals surface area contributed by atoms with Crippen molar-refractivity contribution in [3.63, 3.8) is 0 Å². The number of aryl methyl sites for hydroxylation is 1. The zero-order chi connectivity index (χ0) is 22.3. The Morgan fingerprint density at radius 3 is 2.40 bits per heavy atom. The van der Waals surface area contributed by atoms with Crippen molar-refractivity contribution in [1.82, 2.24) is 4.57 Å². The van der Waals surface area contributed by atoms with Gasteiger partial charge >= 0.3 is 0 Å². The van der Waals surface area contributed by atoms with Crippen LogP contribution in [0.15, 0.2) is 36.4 Å². The van der Waals surface area contributed by atoms with Gasteiger partial charge in [-0.2, -0.15) is 12.6 Å². The van der Waals surface area contributed by atoms with E-state index >= 15 is 0 Å². The van der Waals surface area contributed by atoms with E-state index in [1.807, 2.05) is 18.2 Å². The van der Waals surface area contributed by atoms with Gasteiger partial charge in [0, 0.05) is 28.3 Å². The number of hydrogen-bond acceptors (Lipinski definition) is 2. The van der Waals surface area contributed by atoms with Gasteiger partial charge in [-0.05, 0) is 49.4 Å². The highest BCUT2D eigenvalue weighted by atomic mass is 35.5. The lowest BCUT2D eigenvalue weighted by molar-refractivity contribution is -0.669. The summed E-state index contributed by atoms with van der Waals surface area (Å²) in [6, 6.07) is 12.4. The Labute approximate surface area is 191 Å². The first-order chi connectivity index (χ1) is 13.9. The van der Waals surface area contributed by atoms with Crippen LogP contribution < -0.4 is 9.30 Å². The predicted molar refractivity (Wildman–Crippen MR) is 130 cm³/mol. The van der Waals surface area contributed by atoms with Crippen LogP contribution >= 0.6 is 24.2 Å². The van der Waals surface area contributed by atoms with Crippen LogP contribution in [0.5, 0.6) is 5.75 Å². The van der Waals surface area contributed by atoms with Crippen LogP contribution in [0, 0.1) is 19.3 Å². The van der Waals surface area contributed by atoms with Crippen LogP contribution in [0.1, 0.15) is 51.1 Å². The van der Waals surface area contributed by atoms with Gasteiger partial charge in [0.15, 0.2) is 11.0 Å². The molecule has 3 aromatic rings. The lowest BCUT2D eigenvalue weighted by atomic mass is 9.85. The summed E-state index contributed by atoms with van der Waals surface area (Å²) in [7, 11) is 1.71. The van der Waals surface area contributed by atoms with Crippen molar-refractivity contribution in [2.24, 2.45) is 5.41 Å². The smallest absolute Gasteiger partial charge is 0.254 e. The number of benzene rings is 2. The number of imidazole rings is 1. The van der Waals surface area contributed by atoms with Gasteiger partial charge in [0.1, 0.15) is 18.8 Å². The summed E-state index contributed by atoms with van der Waals surface area (Å²) in [5.74, 6) is 2.05. The number of thiol groups is 1. The van der Waals surface area contributed by atoms with E-state index < -0.39 is 0 Å². The lowest BCUT2D eigenvalue weighted by Crippen LogP contribution is -2.38. The van der Waals surface area contributed by atoms with Gasteiger partial charge in [-0.25, -0.2) is 9.13 Å². The number of aromatic nitrogens is 2. The minimum absolute atomic E-state index is 0.143. The van der Waals surface area contributed by atoms with Crippen LogP contribution in [0.3, 0.4) is 0 Å². The van der Waals surface area contributed by atoms with Gasteiger partial charge in [-0.1, -0.05) is 44.5 Å². The second kappa shape index (κ2) is 8.47. The number of nitrogens with zero attached hydrogens (tertiary/aromatic N) is 2. The third kappa shape index (κ3) is 4.97. The molecule has 5 heteroatoms. The molecule has 0 saturated carbocycles. The maximum absolute atomic E-state index is 6.56. The van der Waals surface area contributed by atoms with Crippen molar-refractivity contribution in [2.45, 2.75) is 65.8 Å². The first-order valence-corrected chi connectivity index (χ1v) is 11.3. The molecule has 162 valence electrons. The first kappa shape index (κ1) is 23.0. The minimum Gasteiger partial charge on any atom is -0.497 e. The van der Waals surface area contributed by atoms with Gasteiger partial charge < -0.3 is 4.74 Å². The van der Waals surface area contributed by atoms with Crippen LogP contribution in [0.25, 0.3) is 11.0 Å². The van der Waals surface area contributed by atoms with Crippen LogP contribution in [0.2, 0.25) is 5.02 Å². The second-order valence-corrected chi connectivity index (χ2v) is 11.3. The third-order valence-electron chi connectivity index (χ3n) is 5.62. The molecule has 0 aliphatic carbocycles. The molecule has 3 nitrogen and oxygen atoms in total. The fourth-order valence-electron chi connectivity index (χ4n) is 4.53. The average molecular weight is 446 g/mol. The molecule has 3 rings (SSSR count). The van der Waals surface area contributed by atoms with Crippen LogP contribution in [-0.4, -0.2) is 16.4 Å². The second-order valence-electron chi connectivity index (χ2n) is 9.84. The Morgan fingerprint density at radius 2 is 1.80 bits per heavy atom. The van der Waals surface area contributed by atoms with E-state index in [9.17, 15) is 0 Å². The molecule has 0 aliphatic rings. The zero-order valence-corrected chi connectivity index (χ0v) is 20.9. The molecule has 0 spiro atoms. The Balaban J connectivity index is 2.14. The molecule has 0 saturated heterocycles. The first-order valence-electron chi connectivity index (χ1n) is 10.4. The number of hydrogen-bond donors (Lipinski definition) is 1. The third-order valence-corrected chi connectivity index (χ3v) is 6.28. The zero-order valence-electron chi connectivity index (χ0n) is 19.2. The summed E-state index contributed by atoms with van der Waals surface area (Å²) < 4.78 is 10.1. The van der Waals surface area contributed by atoms with Gasteiger partial charge in [-0.15, -0.1) is 0 Å². The molecular weight excluding hydrogens is 412 g/mol. The van der Waals surface area contributed by atoms with E-state index in [1.165, 1.54) is 16.9 Å². The Kier molecular flexibility index (Phi) is 6.50. The van der Waals surface area contributed by atoms with Crippen molar-refractivity contribution in [2.75, 3.05) is 7.11 Å². The van der Waals surface area contributed by atoms with Crippen LogP contribution in [0.4, 0.5) is 0 Å². The van der Waals surface area contributed by atoms with E-state index in [-0.39, 0.29) is 10.2 Å². The number of ether oxygens (including phenoxy) is 1. The molecule has 1 atom stereocenters. The molecule has 30 heavy (non-hydrogen) atoms. The van der Waals surface area contributed by atoms with E-state index in [4.69, 9.17) is 29.0 Å². The lowest BCUT2D eigenvalue weighted by Gasteiger charge is -2.30. The molecule has 0 bridgehead atoms. The molecule has 1 aromatic heterocycles. The topological polar surface area (TPSA) is 18.0 Å². The van der Waals surface area contributed by atoms with E-state index in [0.717, 1.165) is 41.4 Å².